The number of anilines is 1. The average Bonchev–Trinajstić information content (AvgIpc) is 2.53. The van der Waals surface area contributed by atoms with Gasteiger partial charge in [-0.1, -0.05) is 42.8 Å². The van der Waals surface area contributed by atoms with Gasteiger partial charge in [0.25, 0.3) is 0 Å². The minimum Gasteiger partial charge on any atom is -0.368 e. The number of nitrogens with zero attached hydrogens (tertiary/aromatic N) is 1. The van der Waals surface area contributed by atoms with Crippen LogP contribution in [0.1, 0.15) is 43.5 Å². The van der Waals surface area contributed by atoms with Crippen LogP contribution in [0, 0.1) is 0 Å². The molecule has 0 aliphatic rings. The molecule has 0 radical (unpaired) electrons. The molecule has 0 amide bonds. The van der Waals surface area contributed by atoms with Gasteiger partial charge in [-0.2, -0.15) is 0 Å². The molecule has 2 aromatic carbocycles. The van der Waals surface area contributed by atoms with Gasteiger partial charge in [0.1, 0.15) is 0 Å². The van der Waals surface area contributed by atoms with Crippen molar-refractivity contribution in [3.05, 3.63) is 64.7 Å². The maximum Gasteiger partial charge on any atom is 0.0511 e. The Hall–Kier alpha value is -1.51. The molecule has 0 aliphatic carbocycles. The lowest BCUT2D eigenvalue weighted by molar-refractivity contribution is 0.697. The maximum absolute atomic E-state index is 6.06. The zero-order valence-corrected chi connectivity index (χ0v) is 13.6. The normalized spacial score (nSPS) is 13.8. The molecule has 0 bridgehead atoms. The van der Waals surface area contributed by atoms with Crippen molar-refractivity contribution in [1.82, 2.24) is 0 Å². The second-order valence-corrected chi connectivity index (χ2v) is 5.88. The fraction of sp³-hybridized carbons (Fsp3) is 0.333. The summed E-state index contributed by atoms with van der Waals surface area (Å²) in [5.41, 5.74) is 9.68. The first-order valence-corrected chi connectivity index (χ1v) is 7.74. The van der Waals surface area contributed by atoms with E-state index in [0.717, 1.165) is 11.4 Å². The number of rotatable bonds is 5. The summed E-state index contributed by atoms with van der Waals surface area (Å²) in [7, 11) is 2.11. The van der Waals surface area contributed by atoms with Crippen LogP contribution in [0.15, 0.2) is 48.5 Å². The molecule has 112 valence electrons. The maximum atomic E-state index is 6.06. The highest BCUT2D eigenvalue weighted by Gasteiger charge is 2.13. The molecule has 3 heteroatoms. The molecule has 2 aromatic rings. The van der Waals surface area contributed by atoms with Gasteiger partial charge in [-0.05, 0) is 48.7 Å². The molecule has 21 heavy (non-hydrogen) atoms. The molecule has 2 atom stereocenters. The minimum absolute atomic E-state index is 0.123. The van der Waals surface area contributed by atoms with E-state index in [1.165, 1.54) is 16.8 Å². The second kappa shape index (κ2) is 6.97. The molecular weight excluding hydrogens is 280 g/mol. The van der Waals surface area contributed by atoms with Crippen molar-refractivity contribution < 1.29 is 0 Å². The van der Waals surface area contributed by atoms with E-state index < -0.39 is 0 Å². The van der Waals surface area contributed by atoms with Crippen LogP contribution < -0.4 is 10.6 Å². The Morgan fingerprint density at radius 2 is 1.52 bits per heavy atom. The van der Waals surface area contributed by atoms with Gasteiger partial charge in [-0.15, -0.1) is 0 Å². The standard InChI is InChI=1S/C18H23ClN2/c1-4-18(20)15-7-11-17(12-8-15)21(3)13(2)14-5-9-16(19)10-6-14/h5-13,18H,4,20H2,1-3H3/t13?,18-/m1/s1. The molecule has 0 fully saturated rings. The lowest BCUT2D eigenvalue weighted by Gasteiger charge is -2.28. The Morgan fingerprint density at radius 3 is 2.05 bits per heavy atom. The summed E-state index contributed by atoms with van der Waals surface area (Å²) >= 11 is 5.95. The van der Waals surface area contributed by atoms with Gasteiger partial charge in [0.2, 0.25) is 0 Å². The summed E-state index contributed by atoms with van der Waals surface area (Å²) in [5, 5.41) is 0.770. The Morgan fingerprint density at radius 1 is 1.00 bits per heavy atom. The number of nitrogens with two attached hydrogens (primary N) is 1. The van der Waals surface area contributed by atoms with Gasteiger partial charge in [-0.3, -0.25) is 0 Å². The average molecular weight is 303 g/mol. The SMILES string of the molecule is CC[C@@H](N)c1ccc(N(C)C(C)c2ccc(Cl)cc2)cc1. The van der Waals surface area contributed by atoms with Crippen molar-refractivity contribution in [1.29, 1.82) is 0 Å². The Labute approximate surface area is 132 Å². The Bertz CT molecular complexity index is 563. The molecule has 2 nitrogen and oxygen atoms in total. The topological polar surface area (TPSA) is 29.3 Å². The predicted molar refractivity (Wildman–Crippen MR) is 91.9 cm³/mol. The lowest BCUT2D eigenvalue weighted by Crippen LogP contribution is -2.21. The number of hydrogen-bond acceptors (Lipinski definition) is 2. The summed E-state index contributed by atoms with van der Waals surface area (Å²) in [4.78, 5) is 2.25. The third kappa shape index (κ3) is 3.78. The van der Waals surface area contributed by atoms with E-state index in [-0.39, 0.29) is 12.1 Å². The van der Waals surface area contributed by atoms with Crippen LogP contribution in [0.4, 0.5) is 5.69 Å². The third-order valence-electron chi connectivity index (χ3n) is 4.10. The molecule has 0 saturated carbocycles. The van der Waals surface area contributed by atoms with Crippen LogP contribution >= 0.6 is 11.6 Å². The van der Waals surface area contributed by atoms with E-state index >= 15 is 0 Å². The fourth-order valence-corrected chi connectivity index (χ4v) is 2.51. The van der Waals surface area contributed by atoms with Crippen molar-refractivity contribution in [2.75, 3.05) is 11.9 Å². The van der Waals surface area contributed by atoms with Crippen LogP contribution in [0.2, 0.25) is 5.02 Å². The fourth-order valence-electron chi connectivity index (χ4n) is 2.38. The third-order valence-corrected chi connectivity index (χ3v) is 4.35. The first kappa shape index (κ1) is 15.9. The summed E-state index contributed by atoms with van der Waals surface area (Å²) in [6, 6.07) is 16.9. The van der Waals surface area contributed by atoms with Crippen LogP contribution in [0.25, 0.3) is 0 Å². The summed E-state index contributed by atoms with van der Waals surface area (Å²) in [6.07, 6.45) is 0.955. The summed E-state index contributed by atoms with van der Waals surface area (Å²) in [6.45, 7) is 4.29. The first-order chi connectivity index (χ1) is 10.0. The van der Waals surface area contributed by atoms with Gasteiger partial charge in [0.05, 0.1) is 6.04 Å². The molecule has 0 spiro atoms. The van der Waals surface area contributed by atoms with Crippen molar-refractivity contribution in [3.8, 4) is 0 Å². The van der Waals surface area contributed by atoms with Gasteiger partial charge in [0.15, 0.2) is 0 Å². The molecule has 0 saturated heterocycles. The largest absolute Gasteiger partial charge is 0.368 e. The van der Waals surface area contributed by atoms with E-state index in [1.54, 1.807) is 0 Å². The van der Waals surface area contributed by atoms with Gasteiger partial charge in [0, 0.05) is 23.8 Å². The van der Waals surface area contributed by atoms with Crippen molar-refractivity contribution in [2.45, 2.75) is 32.4 Å². The molecule has 0 aliphatic heterocycles. The first-order valence-electron chi connectivity index (χ1n) is 7.36. The van der Waals surface area contributed by atoms with Gasteiger partial charge in [-0.25, -0.2) is 0 Å². The van der Waals surface area contributed by atoms with Gasteiger partial charge >= 0.3 is 0 Å². The molecule has 1 unspecified atom stereocenters. The van der Waals surface area contributed by atoms with E-state index in [2.05, 4.69) is 62.2 Å². The van der Waals surface area contributed by atoms with Gasteiger partial charge < -0.3 is 10.6 Å². The number of hydrogen-bond donors (Lipinski definition) is 1. The van der Waals surface area contributed by atoms with Crippen LogP contribution in [0.5, 0.6) is 0 Å². The number of halogens is 1. The lowest BCUT2D eigenvalue weighted by atomic mass is 10.0. The van der Waals surface area contributed by atoms with E-state index in [9.17, 15) is 0 Å². The van der Waals surface area contributed by atoms with Crippen LogP contribution in [-0.2, 0) is 0 Å². The molecule has 2 rings (SSSR count). The van der Waals surface area contributed by atoms with E-state index in [0.29, 0.717) is 0 Å². The van der Waals surface area contributed by atoms with Crippen LogP contribution in [-0.4, -0.2) is 7.05 Å². The Balaban J connectivity index is 2.15. The van der Waals surface area contributed by atoms with Crippen molar-refractivity contribution in [2.24, 2.45) is 5.73 Å². The molecular formula is C18H23ClN2. The highest BCUT2D eigenvalue weighted by atomic mass is 35.5. The van der Waals surface area contributed by atoms with Crippen LogP contribution in [0.3, 0.4) is 0 Å². The highest BCUT2D eigenvalue weighted by Crippen LogP contribution is 2.27. The van der Waals surface area contributed by atoms with Crippen molar-refractivity contribution >= 4 is 17.3 Å². The smallest absolute Gasteiger partial charge is 0.0511 e. The molecule has 2 N–H and O–H groups in total. The molecule has 0 heterocycles. The Kier molecular flexibility index (Phi) is 5.27. The minimum atomic E-state index is 0.123. The van der Waals surface area contributed by atoms with E-state index in [1.807, 2.05) is 12.1 Å². The quantitative estimate of drug-likeness (QED) is 0.847. The monoisotopic (exact) mass is 302 g/mol. The summed E-state index contributed by atoms with van der Waals surface area (Å²) in [5.74, 6) is 0. The molecule has 0 aromatic heterocycles. The highest BCUT2D eigenvalue weighted by molar-refractivity contribution is 6.30. The van der Waals surface area contributed by atoms with Crippen molar-refractivity contribution in [3.63, 3.8) is 0 Å². The summed E-state index contributed by atoms with van der Waals surface area (Å²) < 4.78 is 0. The predicted octanol–water partition coefficient (Wildman–Crippen LogP) is 4.95. The second-order valence-electron chi connectivity index (χ2n) is 5.44. The van der Waals surface area contributed by atoms with E-state index in [4.69, 9.17) is 17.3 Å². The number of benzene rings is 2. The zero-order chi connectivity index (χ0) is 15.4. The zero-order valence-electron chi connectivity index (χ0n) is 12.9.